The zero-order valence-electron chi connectivity index (χ0n) is 10.9. The Hall–Kier alpha value is -1.40. The van der Waals surface area contributed by atoms with Crippen molar-refractivity contribution in [2.45, 2.75) is 39.7 Å². The molecule has 1 heterocycles. The molecule has 0 aliphatic rings. The summed E-state index contributed by atoms with van der Waals surface area (Å²) in [6.07, 6.45) is 5.18. The Balaban J connectivity index is 2.43. The summed E-state index contributed by atoms with van der Waals surface area (Å²) in [6, 6.07) is 6.58. The predicted octanol–water partition coefficient (Wildman–Crippen LogP) is 3.06. The summed E-state index contributed by atoms with van der Waals surface area (Å²) in [4.78, 5) is 4.01. The normalized spacial score (nSPS) is 13.1. The fourth-order valence-corrected chi connectivity index (χ4v) is 1.68. The Bertz CT molecular complexity index is 365. The fraction of sp³-hybridized carbons (Fsp3) is 0.571. The molecule has 0 fully saturated rings. The molecule has 3 nitrogen and oxygen atoms in total. The Kier molecular flexibility index (Phi) is 5.11. The van der Waals surface area contributed by atoms with E-state index in [1.165, 1.54) is 5.56 Å². The molecule has 0 saturated carbocycles. The molecule has 17 heavy (non-hydrogen) atoms. The van der Waals surface area contributed by atoms with E-state index in [0.29, 0.717) is 12.5 Å². The third-order valence-corrected chi connectivity index (χ3v) is 3.01. The van der Waals surface area contributed by atoms with Crippen LogP contribution in [0, 0.1) is 16.7 Å². The van der Waals surface area contributed by atoms with Gasteiger partial charge in [-0.2, -0.15) is 5.26 Å². The molecule has 0 unspecified atom stereocenters. The molecule has 1 N–H and O–H groups in total. The van der Waals surface area contributed by atoms with Gasteiger partial charge in [0.2, 0.25) is 0 Å². The Labute approximate surface area is 104 Å². The summed E-state index contributed by atoms with van der Waals surface area (Å²) in [5.41, 5.74) is 1.41. The summed E-state index contributed by atoms with van der Waals surface area (Å²) < 4.78 is 0. The maximum Gasteiger partial charge on any atom is 0.0621 e. The second kappa shape index (κ2) is 6.36. The SMILES string of the molecule is C[C@H](NCC(C)(C)CCC#N)c1ccncc1. The van der Waals surface area contributed by atoms with Crippen molar-refractivity contribution in [3.63, 3.8) is 0 Å². The minimum absolute atomic E-state index is 0.164. The van der Waals surface area contributed by atoms with Crippen molar-refractivity contribution in [2.24, 2.45) is 5.41 Å². The lowest BCUT2D eigenvalue weighted by Crippen LogP contribution is -2.31. The van der Waals surface area contributed by atoms with Gasteiger partial charge in [0, 0.05) is 31.4 Å². The van der Waals surface area contributed by atoms with Crippen molar-refractivity contribution >= 4 is 0 Å². The predicted molar refractivity (Wildman–Crippen MR) is 69.3 cm³/mol. The molecule has 0 radical (unpaired) electrons. The van der Waals surface area contributed by atoms with Crippen LogP contribution in [0.2, 0.25) is 0 Å². The van der Waals surface area contributed by atoms with Crippen LogP contribution in [0.3, 0.4) is 0 Å². The van der Waals surface area contributed by atoms with E-state index in [-0.39, 0.29) is 5.41 Å². The Morgan fingerprint density at radius 2 is 2.06 bits per heavy atom. The van der Waals surface area contributed by atoms with Crippen molar-refractivity contribution in [2.75, 3.05) is 6.54 Å². The monoisotopic (exact) mass is 231 g/mol. The quantitative estimate of drug-likeness (QED) is 0.818. The summed E-state index contributed by atoms with van der Waals surface area (Å²) in [7, 11) is 0. The highest BCUT2D eigenvalue weighted by Crippen LogP contribution is 2.22. The lowest BCUT2D eigenvalue weighted by atomic mass is 9.87. The zero-order chi connectivity index (χ0) is 12.7. The van der Waals surface area contributed by atoms with Gasteiger partial charge in [0.25, 0.3) is 0 Å². The Morgan fingerprint density at radius 3 is 2.65 bits per heavy atom. The molecule has 1 atom stereocenters. The van der Waals surface area contributed by atoms with E-state index in [1.54, 1.807) is 0 Å². The van der Waals surface area contributed by atoms with Crippen LogP contribution in [-0.4, -0.2) is 11.5 Å². The van der Waals surface area contributed by atoms with Crippen LogP contribution in [0.1, 0.15) is 45.2 Å². The highest BCUT2D eigenvalue weighted by atomic mass is 14.9. The van der Waals surface area contributed by atoms with E-state index >= 15 is 0 Å². The van der Waals surface area contributed by atoms with Gasteiger partial charge in [-0.1, -0.05) is 13.8 Å². The summed E-state index contributed by atoms with van der Waals surface area (Å²) in [6.45, 7) is 7.45. The van der Waals surface area contributed by atoms with Crippen LogP contribution in [0.5, 0.6) is 0 Å². The molecule has 0 aromatic carbocycles. The first-order valence-electron chi connectivity index (χ1n) is 6.05. The number of aromatic nitrogens is 1. The number of nitrogens with one attached hydrogen (secondary N) is 1. The number of nitriles is 1. The number of nitrogens with zero attached hydrogens (tertiary/aromatic N) is 2. The van der Waals surface area contributed by atoms with Gasteiger partial charge in [-0.15, -0.1) is 0 Å². The fourth-order valence-electron chi connectivity index (χ4n) is 1.68. The van der Waals surface area contributed by atoms with Crippen molar-refractivity contribution in [1.29, 1.82) is 5.26 Å². The zero-order valence-corrected chi connectivity index (χ0v) is 10.9. The van der Waals surface area contributed by atoms with Crippen LogP contribution < -0.4 is 5.32 Å². The number of hydrogen-bond donors (Lipinski definition) is 1. The van der Waals surface area contributed by atoms with Crippen molar-refractivity contribution < 1.29 is 0 Å². The highest BCUT2D eigenvalue weighted by Gasteiger charge is 2.18. The van der Waals surface area contributed by atoms with Gasteiger partial charge in [-0.05, 0) is 36.5 Å². The topological polar surface area (TPSA) is 48.7 Å². The molecule has 1 rings (SSSR count). The molecule has 1 aromatic rings. The summed E-state index contributed by atoms with van der Waals surface area (Å²) >= 11 is 0. The van der Waals surface area contributed by atoms with Crippen LogP contribution >= 0.6 is 0 Å². The van der Waals surface area contributed by atoms with E-state index < -0.39 is 0 Å². The molecular formula is C14H21N3. The average Bonchev–Trinajstić information content (AvgIpc) is 2.35. The van der Waals surface area contributed by atoms with E-state index in [4.69, 9.17) is 5.26 Å². The van der Waals surface area contributed by atoms with Crippen LogP contribution in [-0.2, 0) is 0 Å². The van der Waals surface area contributed by atoms with Crippen LogP contribution in [0.15, 0.2) is 24.5 Å². The second-order valence-corrected chi connectivity index (χ2v) is 5.21. The van der Waals surface area contributed by atoms with Crippen LogP contribution in [0.4, 0.5) is 0 Å². The van der Waals surface area contributed by atoms with Crippen LogP contribution in [0.25, 0.3) is 0 Å². The third kappa shape index (κ3) is 4.97. The highest BCUT2D eigenvalue weighted by molar-refractivity contribution is 5.13. The molecule has 0 spiro atoms. The van der Waals surface area contributed by atoms with Gasteiger partial charge < -0.3 is 5.32 Å². The van der Waals surface area contributed by atoms with Gasteiger partial charge in [0.1, 0.15) is 0 Å². The van der Waals surface area contributed by atoms with Gasteiger partial charge >= 0.3 is 0 Å². The molecule has 0 amide bonds. The Morgan fingerprint density at radius 1 is 1.41 bits per heavy atom. The van der Waals surface area contributed by atoms with Crippen molar-refractivity contribution in [3.05, 3.63) is 30.1 Å². The van der Waals surface area contributed by atoms with E-state index in [0.717, 1.165) is 13.0 Å². The summed E-state index contributed by atoms with van der Waals surface area (Å²) in [5.74, 6) is 0. The lowest BCUT2D eigenvalue weighted by Gasteiger charge is -2.26. The molecule has 0 saturated heterocycles. The van der Waals surface area contributed by atoms with Crippen molar-refractivity contribution in [3.8, 4) is 6.07 Å². The van der Waals surface area contributed by atoms with Gasteiger partial charge in [-0.3, -0.25) is 4.98 Å². The first-order chi connectivity index (χ1) is 8.05. The third-order valence-electron chi connectivity index (χ3n) is 3.01. The minimum Gasteiger partial charge on any atom is -0.310 e. The molecule has 0 bridgehead atoms. The largest absolute Gasteiger partial charge is 0.310 e. The molecule has 3 heteroatoms. The molecular weight excluding hydrogens is 210 g/mol. The van der Waals surface area contributed by atoms with E-state index in [1.807, 2.05) is 24.5 Å². The first kappa shape index (κ1) is 13.7. The minimum atomic E-state index is 0.164. The van der Waals surface area contributed by atoms with E-state index in [2.05, 4.69) is 37.1 Å². The first-order valence-corrected chi connectivity index (χ1v) is 6.05. The summed E-state index contributed by atoms with van der Waals surface area (Å²) in [5, 5.41) is 12.1. The van der Waals surface area contributed by atoms with Crippen molar-refractivity contribution in [1.82, 2.24) is 10.3 Å². The standard InChI is InChI=1S/C14H21N3/c1-12(13-5-9-16-10-6-13)17-11-14(2,3)7-4-8-15/h5-6,9-10,12,17H,4,7,11H2,1-3H3/t12-/m0/s1. The molecule has 92 valence electrons. The molecule has 0 aliphatic heterocycles. The lowest BCUT2D eigenvalue weighted by molar-refractivity contribution is 0.305. The van der Waals surface area contributed by atoms with Gasteiger partial charge in [0.15, 0.2) is 0 Å². The van der Waals surface area contributed by atoms with E-state index in [9.17, 15) is 0 Å². The van der Waals surface area contributed by atoms with Gasteiger partial charge in [-0.25, -0.2) is 0 Å². The number of pyridine rings is 1. The molecule has 0 aliphatic carbocycles. The maximum atomic E-state index is 8.61. The maximum absolute atomic E-state index is 8.61. The smallest absolute Gasteiger partial charge is 0.0621 e. The second-order valence-electron chi connectivity index (χ2n) is 5.21. The molecule has 1 aromatic heterocycles. The number of hydrogen-bond acceptors (Lipinski definition) is 3. The number of rotatable bonds is 6. The van der Waals surface area contributed by atoms with Gasteiger partial charge in [0.05, 0.1) is 6.07 Å². The average molecular weight is 231 g/mol.